The number of aromatic nitrogens is 1. The van der Waals surface area contributed by atoms with Crippen molar-refractivity contribution in [1.82, 2.24) is 4.98 Å². The van der Waals surface area contributed by atoms with Crippen LogP contribution in [0.1, 0.15) is 11.5 Å². The maximum absolute atomic E-state index is 6.02. The summed E-state index contributed by atoms with van der Waals surface area (Å²) in [5, 5.41) is 0. The number of para-hydroxylation sites is 2. The molecule has 0 N–H and O–H groups in total. The van der Waals surface area contributed by atoms with Gasteiger partial charge in [-0.15, -0.1) is 0 Å². The molecule has 0 atom stereocenters. The van der Waals surface area contributed by atoms with Gasteiger partial charge in [0.1, 0.15) is 5.52 Å². The summed E-state index contributed by atoms with van der Waals surface area (Å²) >= 11 is 0. The molecule has 1 heterocycles. The minimum atomic E-state index is 0.592. The van der Waals surface area contributed by atoms with Crippen molar-refractivity contribution in [2.75, 3.05) is 4.90 Å². The van der Waals surface area contributed by atoms with Gasteiger partial charge in [0.25, 0.3) is 0 Å². The number of rotatable bonds is 6. The van der Waals surface area contributed by atoms with E-state index in [1.807, 2.05) is 54.6 Å². The predicted octanol–water partition coefficient (Wildman–Crippen LogP) is 9.13. The summed E-state index contributed by atoms with van der Waals surface area (Å²) in [6, 6.07) is 45.7. The Hall–Kier alpha value is -4.89. The molecule has 1 aromatic heterocycles. The first-order chi connectivity index (χ1) is 17.8. The monoisotopic (exact) mass is 464 g/mol. The molecule has 6 aromatic rings. The van der Waals surface area contributed by atoms with Crippen LogP contribution >= 0.6 is 0 Å². The molecule has 0 bridgehead atoms. The molecule has 5 aromatic carbocycles. The van der Waals surface area contributed by atoms with E-state index in [9.17, 15) is 0 Å². The van der Waals surface area contributed by atoms with Crippen LogP contribution in [0, 0.1) is 0 Å². The van der Waals surface area contributed by atoms with Gasteiger partial charge in [0.15, 0.2) is 5.58 Å². The van der Waals surface area contributed by atoms with E-state index in [1.165, 1.54) is 0 Å². The Labute approximate surface area is 210 Å². The standard InChI is InChI=1S/C33H24N2O/c1-4-10-26(11-5-1)27-19-22-31-32(24-27)36-33(34-31)23-18-25-16-20-30(21-17-25)35(28-12-6-2-7-13-28)29-14-8-3-9-15-29/h1-24H. The van der Waals surface area contributed by atoms with Crippen LogP contribution in [0.5, 0.6) is 0 Å². The number of oxazole rings is 1. The van der Waals surface area contributed by atoms with Crippen LogP contribution in [-0.4, -0.2) is 4.98 Å². The highest BCUT2D eigenvalue weighted by Crippen LogP contribution is 2.34. The Kier molecular flexibility index (Phi) is 5.87. The molecule has 6 rings (SSSR count). The minimum absolute atomic E-state index is 0.592. The average Bonchev–Trinajstić information content (AvgIpc) is 3.37. The van der Waals surface area contributed by atoms with Crippen LogP contribution < -0.4 is 4.90 Å². The third-order valence-electron chi connectivity index (χ3n) is 6.11. The summed E-state index contributed by atoms with van der Waals surface area (Å²) in [5.41, 5.74) is 8.33. The summed E-state index contributed by atoms with van der Waals surface area (Å²) in [6.07, 6.45) is 3.95. The zero-order valence-corrected chi connectivity index (χ0v) is 19.7. The van der Waals surface area contributed by atoms with E-state index in [0.717, 1.165) is 44.9 Å². The lowest BCUT2D eigenvalue weighted by Crippen LogP contribution is -2.09. The third kappa shape index (κ3) is 4.55. The zero-order chi connectivity index (χ0) is 24.2. The maximum Gasteiger partial charge on any atom is 0.220 e. The SMILES string of the molecule is C(=Cc1nc2ccc(-c3ccccc3)cc2o1)c1ccc(N(c2ccccc2)c2ccccc2)cc1. The highest BCUT2D eigenvalue weighted by Gasteiger charge is 2.11. The van der Waals surface area contributed by atoms with Crippen LogP contribution in [0.15, 0.2) is 138 Å². The fourth-order valence-electron chi connectivity index (χ4n) is 4.33. The number of benzene rings is 5. The quantitative estimate of drug-likeness (QED) is 0.246. The Morgan fingerprint density at radius 2 is 1.11 bits per heavy atom. The number of nitrogens with zero attached hydrogens (tertiary/aromatic N) is 2. The molecule has 3 nitrogen and oxygen atoms in total. The molecule has 0 aliphatic heterocycles. The van der Waals surface area contributed by atoms with Crippen molar-refractivity contribution in [3.8, 4) is 11.1 Å². The van der Waals surface area contributed by atoms with Crippen LogP contribution in [0.2, 0.25) is 0 Å². The van der Waals surface area contributed by atoms with Gasteiger partial charge in [-0.2, -0.15) is 0 Å². The molecular weight excluding hydrogens is 440 g/mol. The second kappa shape index (κ2) is 9.77. The Bertz CT molecular complexity index is 1560. The molecule has 0 fully saturated rings. The molecule has 0 radical (unpaired) electrons. The lowest BCUT2D eigenvalue weighted by Gasteiger charge is -2.25. The number of hydrogen-bond donors (Lipinski definition) is 0. The smallest absolute Gasteiger partial charge is 0.220 e. The van der Waals surface area contributed by atoms with Gasteiger partial charge in [-0.05, 0) is 71.3 Å². The summed E-state index contributed by atoms with van der Waals surface area (Å²) in [5.74, 6) is 0.592. The number of anilines is 3. The normalized spacial score (nSPS) is 11.2. The molecule has 0 unspecified atom stereocenters. The van der Waals surface area contributed by atoms with E-state index in [-0.39, 0.29) is 0 Å². The van der Waals surface area contributed by atoms with Gasteiger partial charge in [0.05, 0.1) is 0 Å². The van der Waals surface area contributed by atoms with Gasteiger partial charge < -0.3 is 9.32 Å². The molecule has 0 spiro atoms. The van der Waals surface area contributed by atoms with Crippen molar-refractivity contribution in [3.63, 3.8) is 0 Å². The van der Waals surface area contributed by atoms with E-state index in [1.54, 1.807) is 0 Å². The van der Waals surface area contributed by atoms with Gasteiger partial charge in [0.2, 0.25) is 5.89 Å². The second-order valence-corrected chi connectivity index (χ2v) is 8.53. The summed E-state index contributed by atoms with van der Waals surface area (Å²) in [6.45, 7) is 0. The summed E-state index contributed by atoms with van der Waals surface area (Å²) in [4.78, 5) is 6.87. The fourth-order valence-corrected chi connectivity index (χ4v) is 4.33. The fraction of sp³-hybridized carbons (Fsp3) is 0. The molecule has 0 amide bonds. The van der Waals surface area contributed by atoms with Crippen molar-refractivity contribution in [2.45, 2.75) is 0 Å². The highest BCUT2D eigenvalue weighted by atomic mass is 16.3. The number of hydrogen-bond acceptors (Lipinski definition) is 3. The predicted molar refractivity (Wildman–Crippen MR) is 149 cm³/mol. The first-order valence-electron chi connectivity index (χ1n) is 12.0. The number of fused-ring (bicyclic) bond motifs is 1. The first kappa shape index (κ1) is 21.6. The minimum Gasteiger partial charge on any atom is -0.437 e. The van der Waals surface area contributed by atoms with Gasteiger partial charge in [-0.3, -0.25) is 0 Å². The molecular formula is C33H24N2O. The van der Waals surface area contributed by atoms with Crippen molar-refractivity contribution in [3.05, 3.63) is 145 Å². The molecule has 0 saturated heterocycles. The van der Waals surface area contributed by atoms with E-state index in [0.29, 0.717) is 5.89 Å². The van der Waals surface area contributed by atoms with Gasteiger partial charge >= 0.3 is 0 Å². The van der Waals surface area contributed by atoms with Crippen molar-refractivity contribution >= 4 is 40.3 Å². The molecule has 0 saturated carbocycles. The van der Waals surface area contributed by atoms with Gasteiger partial charge in [-0.25, -0.2) is 4.98 Å². The average molecular weight is 465 g/mol. The third-order valence-corrected chi connectivity index (χ3v) is 6.11. The summed E-state index contributed by atoms with van der Waals surface area (Å²) < 4.78 is 6.02. The topological polar surface area (TPSA) is 29.3 Å². The zero-order valence-electron chi connectivity index (χ0n) is 19.7. The van der Waals surface area contributed by atoms with E-state index < -0.39 is 0 Å². The Morgan fingerprint density at radius 1 is 0.528 bits per heavy atom. The Morgan fingerprint density at radius 3 is 1.75 bits per heavy atom. The first-order valence-corrected chi connectivity index (χ1v) is 12.0. The van der Waals surface area contributed by atoms with E-state index in [4.69, 9.17) is 4.42 Å². The molecule has 36 heavy (non-hydrogen) atoms. The van der Waals surface area contributed by atoms with Crippen molar-refractivity contribution < 1.29 is 4.42 Å². The Balaban J connectivity index is 1.25. The van der Waals surface area contributed by atoms with Gasteiger partial charge in [-0.1, -0.05) is 84.9 Å². The van der Waals surface area contributed by atoms with E-state index in [2.05, 4.69) is 101 Å². The van der Waals surface area contributed by atoms with Gasteiger partial charge in [0, 0.05) is 23.1 Å². The van der Waals surface area contributed by atoms with Crippen LogP contribution in [-0.2, 0) is 0 Å². The van der Waals surface area contributed by atoms with Crippen LogP contribution in [0.25, 0.3) is 34.4 Å². The van der Waals surface area contributed by atoms with Crippen molar-refractivity contribution in [2.24, 2.45) is 0 Å². The lowest BCUT2D eigenvalue weighted by molar-refractivity contribution is 0.590. The lowest BCUT2D eigenvalue weighted by atomic mass is 10.1. The van der Waals surface area contributed by atoms with E-state index >= 15 is 0 Å². The molecule has 172 valence electrons. The molecule has 0 aliphatic rings. The largest absolute Gasteiger partial charge is 0.437 e. The molecule has 3 heteroatoms. The van der Waals surface area contributed by atoms with Crippen molar-refractivity contribution in [1.29, 1.82) is 0 Å². The second-order valence-electron chi connectivity index (χ2n) is 8.53. The summed E-state index contributed by atoms with van der Waals surface area (Å²) in [7, 11) is 0. The maximum atomic E-state index is 6.02. The van der Waals surface area contributed by atoms with Crippen LogP contribution in [0.3, 0.4) is 0 Å². The molecule has 0 aliphatic carbocycles. The van der Waals surface area contributed by atoms with Crippen LogP contribution in [0.4, 0.5) is 17.1 Å². The highest BCUT2D eigenvalue weighted by molar-refractivity contribution is 5.82.